The van der Waals surface area contributed by atoms with Crippen LogP contribution in [-0.4, -0.2) is 60.0 Å². The van der Waals surface area contributed by atoms with Crippen LogP contribution in [0.1, 0.15) is 62.1 Å². The van der Waals surface area contributed by atoms with Gasteiger partial charge < -0.3 is 14.6 Å². The van der Waals surface area contributed by atoms with Gasteiger partial charge in [0.15, 0.2) is 0 Å². The van der Waals surface area contributed by atoms with Crippen LogP contribution in [0, 0.1) is 38.5 Å². The molecule has 2 aliphatic rings. The molecule has 192 valence electrons. The number of nitrogens with zero attached hydrogens (tertiary/aromatic N) is 3. The van der Waals surface area contributed by atoms with Crippen molar-refractivity contribution in [2.75, 3.05) is 39.3 Å². The van der Waals surface area contributed by atoms with Gasteiger partial charge in [0.05, 0.1) is 5.69 Å². The smallest absolute Gasteiger partial charge is 0.226 e. The topological polar surface area (TPSA) is 61.6 Å². The molecule has 0 radical (unpaired) electrons. The Labute approximate surface area is 211 Å². The summed E-state index contributed by atoms with van der Waals surface area (Å²) < 4.78 is 6.04. The Morgan fingerprint density at radius 3 is 2.51 bits per heavy atom. The summed E-state index contributed by atoms with van der Waals surface area (Å²) in [5, 5.41) is 3.21. The van der Waals surface area contributed by atoms with Crippen molar-refractivity contribution in [1.29, 1.82) is 0 Å². The molecule has 0 aliphatic carbocycles. The third kappa shape index (κ3) is 6.95. The van der Waals surface area contributed by atoms with E-state index in [1.165, 1.54) is 30.6 Å². The summed E-state index contributed by atoms with van der Waals surface area (Å²) in [6, 6.07) is 6.38. The maximum absolute atomic E-state index is 12.7. The van der Waals surface area contributed by atoms with E-state index in [-0.39, 0.29) is 11.8 Å². The van der Waals surface area contributed by atoms with E-state index in [0.717, 1.165) is 80.8 Å². The van der Waals surface area contributed by atoms with Crippen molar-refractivity contribution in [3.63, 3.8) is 0 Å². The van der Waals surface area contributed by atoms with E-state index in [9.17, 15) is 4.79 Å². The van der Waals surface area contributed by atoms with Gasteiger partial charge in [-0.25, -0.2) is 4.98 Å². The highest BCUT2D eigenvalue weighted by molar-refractivity contribution is 5.78. The Hall–Kier alpha value is -2.18. The van der Waals surface area contributed by atoms with Crippen LogP contribution >= 0.6 is 0 Å². The van der Waals surface area contributed by atoms with E-state index in [0.29, 0.717) is 5.89 Å². The van der Waals surface area contributed by atoms with Crippen LogP contribution < -0.4 is 5.32 Å². The van der Waals surface area contributed by atoms with Gasteiger partial charge in [0, 0.05) is 37.7 Å². The van der Waals surface area contributed by atoms with Crippen molar-refractivity contribution in [3.8, 4) is 11.5 Å². The molecule has 1 N–H and O–H groups in total. The SMILES string of the molecule is Cc1ccc(C)c(-c2nc(CN3CCC(C(=O)NCCCN4C[C@H](C)C[C@H](C)C4)CC3)c(C)o2)c1. The summed E-state index contributed by atoms with van der Waals surface area (Å²) in [5.41, 5.74) is 4.46. The van der Waals surface area contributed by atoms with Gasteiger partial charge in [-0.1, -0.05) is 31.5 Å². The summed E-state index contributed by atoms with van der Waals surface area (Å²) in [7, 11) is 0. The fourth-order valence-electron chi connectivity index (χ4n) is 5.85. The second-order valence-corrected chi connectivity index (χ2v) is 11.2. The Balaban J connectivity index is 1.19. The van der Waals surface area contributed by atoms with E-state index in [4.69, 9.17) is 9.40 Å². The summed E-state index contributed by atoms with van der Waals surface area (Å²) in [5.74, 6) is 3.54. The van der Waals surface area contributed by atoms with Crippen molar-refractivity contribution in [1.82, 2.24) is 20.1 Å². The average molecular weight is 481 g/mol. The van der Waals surface area contributed by atoms with E-state index < -0.39 is 0 Å². The molecule has 0 saturated carbocycles. The summed E-state index contributed by atoms with van der Waals surface area (Å²) >= 11 is 0. The van der Waals surface area contributed by atoms with Crippen LogP contribution in [0.5, 0.6) is 0 Å². The van der Waals surface area contributed by atoms with Gasteiger partial charge in [-0.05, 0) is 89.6 Å². The Bertz CT molecular complexity index is 983. The third-order valence-electron chi connectivity index (χ3n) is 7.74. The Kier molecular flexibility index (Phi) is 8.66. The molecule has 0 bridgehead atoms. The number of benzene rings is 1. The number of hydrogen-bond donors (Lipinski definition) is 1. The molecule has 2 fully saturated rings. The number of oxazole rings is 1. The average Bonchev–Trinajstić information content (AvgIpc) is 3.18. The Morgan fingerprint density at radius 2 is 1.80 bits per heavy atom. The van der Waals surface area contributed by atoms with Crippen LogP contribution in [0.25, 0.3) is 11.5 Å². The van der Waals surface area contributed by atoms with E-state index in [2.05, 4.69) is 61.0 Å². The highest BCUT2D eigenvalue weighted by Crippen LogP contribution is 2.27. The highest BCUT2D eigenvalue weighted by atomic mass is 16.4. The molecular weight excluding hydrogens is 436 g/mol. The minimum Gasteiger partial charge on any atom is -0.441 e. The van der Waals surface area contributed by atoms with E-state index in [1.54, 1.807) is 0 Å². The van der Waals surface area contributed by atoms with Gasteiger partial charge in [0.25, 0.3) is 0 Å². The molecule has 2 atom stereocenters. The Morgan fingerprint density at radius 1 is 1.09 bits per heavy atom. The van der Waals surface area contributed by atoms with Crippen molar-refractivity contribution in [3.05, 3.63) is 40.8 Å². The number of likely N-dealkylation sites (tertiary alicyclic amines) is 2. The summed E-state index contributed by atoms with van der Waals surface area (Å²) in [6.45, 7) is 17.8. The number of aromatic nitrogens is 1. The predicted molar refractivity (Wildman–Crippen MR) is 141 cm³/mol. The number of nitrogens with one attached hydrogen (secondary N) is 1. The van der Waals surface area contributed by atoms with Crippen LogP contribution in [0.4, 0.5) is 0 Å². The molecule has 0 unspecified atom stereocenters. The van der Waals surface area contributed by atoms with E-state index >= 15 is 0 Å². The van der Waals surface area contributed by atoms with E-state index in [1.807, 2.05) is 6.92 Å². The maximum Gasteiger partial charge on any atom is 0.226 e. The van der Waals surface area contributed by atoms with Crippen LogP contribution in [0.15, 0.2) is 22.6 Å². The minimum absolute atomic E-state index is 0.130. The van der Waals surface area contributed by atoms with Gasteiger partial charge in [0.1, 0.15) is 5.76 Å². The normalized spacial score (nSPS) is 22.4. The van der Waals surface area contributed by atoms with Crippen molar-refractivity contribution in [2.24, 2.45) is 17.8 Å². The first kappa shape index (κ1) is 25.9. The molecular formula is C29H44N4O2. The largest absolute Gasteiger partial charge is 0.441 e. The number of aryl methyl sites for hydroxylation is 3. The van der Waals surface area contributed by atoms with Gasteiger partial charge in [-0.15, -0.1) is 0 Å². The van der Waals surface area contributed by atoms with Crippen LogP contribution in [0.3, 0.4) is 0 Å². The molecule has 4 rings (SSSR count). The van der Waals surface area contributed by atoms with Gasteiger partial charge >= 0.3 is 0 Å². The second kappa shape index (κ2) is 11.7. The zero-order valence-corrected chi connectivity index (χ0v) is 22.4. The number of amides is 1. The monoisotopic (exact) mass is 480 g/mol. The molecule has 2 aliphatic heterocycles. The third-order valence-corrected chi connectivity index (χ3v) is 7.74. The fourth-order valence-corrected chi connectivity index (χ4v) is 5.85. The predicted octanol–water partition coefficient (Wildman–Crippen LogP) is 4.96. The maximum atomic E-state index is 12.7. The highest BCUT2D eigenvalue weighted by Gasteiger charge is 2.26. The quantitative estimate of drug-likeness (QED) is 0.541. The van der Waals surface area contributed by atoms with Crippen molar-refractivity contribution >= 4 is 5.91 Å². The lowest BCUT2D eigenvalue weighted by atomic mass is 9.92. The molecule has 2 aromatic rings. The number of piperidine rings is 2. The van der Waals surface area contributed by atoms with Crippen LogP contribution in [-0.2, 0) is 11.3 Å². The molecule has 1 aromatic carbocycles. The number of carbonyl (C=O) groups is 1. The zero-order chi connectivity index (χ0) is 24.9. The lowest BCUT2D eigenvalue weighted by molar-refractivity contribution is -0.126. The first-order valence-corrected chi connectivity index (χ1v) is 13.5. The zero-order valence-electron chi connectivity index (χ0n) is 22.4. The molecule has 1 aromatic heterocycles. The standard InChI is InChI=1S/C29H44N4O2/c1-20-7-8-23(4)26(16-20)29-31-27(24(5)35-29)19-32-13-9-25(10-14-32)28(34)30-11-6-12-33-17-21(2)15-22(3)18-33/h7-8,16,21-22,25H,6,9-15,17-19H2,1-5H3,(H,30,34)/t21-,22+. The molecule has 6 heteroatoms. The first-order valence-electron chi connectivity index (χ1n) is 13.5. The van der Waals surface area contributed by atoms with Gasteiger partial charge in [0.2, 0.25) is 11.8 Å². The molecule has 1 amide bonds. The summed E-state index contributed by atoms with van der Waals surface area (Å²) in [4.78, 5) is 22.5. The molecule has 3 heterocycles. The molecule has 2 saturated heterocycles. The van der Waals surface area contributed by atoms with Gasteiger partial charge in [-0.2, -0.15) is 0 Å². The first-order chi connectivity index (χ1) is 16.8. The molecule has 6 nitrogen and oxygen atoms in total. The van der Waals surface area contributed by atoms with Crippen LogP contribution in [0.2, 0.25) is 0 Å². The fraction of sp³-hybridized carbons (Fsp3) is 0.655. The number of hydrogen-bond acceptors (Lipinski definition) is 5. The number of rotatable bonds is 8. The lowest BCUT2D eigenvalue weighted by Crippen LogP contribution is -2.42. The second-order valence-electron chi connectivity index (χ2n) is 11.2. The molecule has 35 heavy (non-hydrogen) atoms. The number of carbonyl (C=O) groups excluding carboxylic acids is 1. The minimum atomic E-state index is 0.130. The summed E-state index contributed by atoms with van der Waals surface area (Å²) in [6.07, 6.45) is 4.20. The van der Waals surface area contributed by atoms with Crippen molar-refractivity contribution < 1.29 is 9.21 Å². The van der Waals surface area contributed by atoms with Gasteiger partial charge in [-0.3, -0.25) is 9.69 Å². The lowest BCUT2D eigenvalue weighted by Gasteiger charge is -2.35. The molecule has 0 spiro atoms. The van der Waals surface area contributed by atoms with Crippen molar-refractivity contribution in [2.45, 2.75) is 66.8 Å².